The number of nitrogens with one attached hydrogen (secondary N) is 1. The van der Waals surface area contributed by atoms with Gasteiger partial charge in [0, 0.05) is 50.1 Å². The molecule has 2 aromatic carbocycles. The molecule has 3 aromatic rings. The number of rotatable bonds is 14. The Kier molecular flexibility index (Phi) is 11.7. The average Bonchev–Trinajstić information content (AvgIpc) is 3.01. The largest absolute Gasteiger partial charge is 0.490 e. The highest BCUT2D eigenvalue weighted by atomic mass is 19.1. The van der Waals surface area contributed by atoms with E-state index in [1.54, 1.807) is 35.2 Å². The monoisotopic (exact) mass is 592 g/mol. The number of aromatic nitrogens is 2. The van der Waals surface area contributed by atoms with Gasteiger partial charge >= 0.3 is 6.09 Å². The van der Waals surface area contributed by atoms with Crippen molar-refractivity contribution in [2.24, 2.45) is 0 Å². The first-order valence-corrected chi connectivity index (χ1v) is 15.0. The van der Waals surface area contributed by atoms with E-state index in [0.29, 0.717) is 43.9 Å². The van der Waals surface area contributed by atoms with Crippen molar-refractivity contribution in [3.05, 3.63) is 66.1 Å². The predicted molar refractivity (Wildman–Crippen MR) is 165 cm³/mol. The van der Waals surface area contributed by atoms with Crippen LogP contribution in [0.15, 0.2) is 54.7 Å². The third kappa shape index (κ3) is 9.12. The number of amides is 2. The first-order chi connectivity index (χ1) is 20.9. The van der Waals surface area contributed by atoms with Crippen molar-refractivity contribution >= 4 is 35.1 Å². The third-order valence-electron chi connectivity index (χ3n) is 7.49. The molecule has 1 aliphatic rings. The fourth-order valence-corrected chi connectivity index (χ4v) is 5.19. The van der Waals surface area contributed by atoms with Crippen molar-refractivity contribution in [1.82, 2.24) is 19.8 Å². The smallest absolute Gasteiger partial charge is 0.417 e. The average molecular weight is 593 g/mol. The Balaban J connectivity index is 1.39. The van der Waals surface area contributed by atoms with Gasteiger partial charge in [-0.25, -0.2) is 19.1 Å². The molecule has 1 aromatic heterocycles. The number of aryl methyl sites for hydroxylation is 1. The lowest BCUT2D eigenvalue weighted by Gasteiger charge is -2.26. The molecule has 11 heteroatoms. The first kappa shape index (κ1) is 31.7. The van der Waals surface area contributed by atoms with Gasteiger partial charge in [0.05, 0.1) is 12.3 Å². The number of carboxylic acid groups (broad SMARTS) is 1. The molecule has 0 aliphatic carbocycles. The molecule has 0 atom stereocenters. The molecule has 0 bridgehead atoms. The molecule has 43 heavy (non-hydrogen) atoms. The number of carbonyl (C=O) groups excluding carboxylic acids is 1. The van der Waals surface area contributed by atoms with E-state index in [0.717, 1.165) is 36.5 Å². The van der Waals surface area contributed by atoms with Gasteiger partial charge < -0.3 is 25.0 Å². The van der Waals surface area contributed by atoms with Gasteiger partial charge in [-0.05, 0) is 82.4 Å². The van der Waals surface area contributed by atoms with Crippen LogP contribution < -0.4 is 15.0 Å². The van der Waals surface area contributed by atoms with E-state index < -0.39 is 11.9 Å². The standard InChI is InChI=1S/C32H41FN6O4/c1-3-38(4-2)30(40)15-12-24-10-8-11-26(22-24)39(32(41)42)29-16-17-34-31(36-29)35-25-13-14-28(27(33)23-25)43-21-9-20-37-18-6-5-7-19-37/h8,10-11,13-14,16-17,22-23H,3-7,9,12,15,18-21H2,1-2H3,(H,41,42)(H,34,35,36). The molecule has 0 unspecified atom stereocenters. The zero-order chi connectivity index (χ0) is 30.6. The van der Waals surface area contributed by atoms with Crippen molar-refractivity contribution in [3.8, 4) is 5.75 Å². The Hall–Kier alpha value is -4.25. The van der Waals surface area contributed by atoms with Crippen molar-refractivity contribution < 1.29 is 23.8 Å². The number of piperidine rings is 1. The maximum atomic E-state index is 14.8. The number of anilines is 4. The molecule has 2 amide bonds. The van der Waals surface area contributed by atoms with E-state index in [1.807, 2.05) is 19.9 Å². The summed E-state index contributed by atoms with van der Waals surface area (Å²) in [4.78, 5) is 38.5. The Morgan fingerprint density at radius 1 is 1.07 bits per heavy atom. The van der Waals surface area contributed by atoms with E-state index >= 15 is 0 Å². The summed E-state index contributed by atoms with van der Waals surface area (Å²) in [5, 5.41) is 13.0. The van der Waals surface area contributed by atoms with Crippen LogP contribution in [-0.2, 0) is 11.2 Å². The minimum Gasteiger partial charge on any atom is -0.490 e. The van der Waals surface area contributed by atoms with Crippen molar-refractivity contribution in [2.75, 3.05) is 49.5 Å². The maximum absolute atomic E-state index is 14.8. The van der Waals surface area contributed by atoms with E-state index in [2.05, 4.69) is 20.2 Å². The number of likely N-dealkylation sites (tertiary alicyclic amines) is 1. The summed E-state index contributed by atoms with van der Waals surface area (Å²) in [5.74, 6) is -0.0482. The Morgan fingerprint density at radius 3 is 2.58 bits per heavy atom. The molecule has 1 aliphatic heterocycles. The molecule has 4 rings (SSSR count). The summed E-state index contributed by atoms with van der Waals surface area (Å²) < 4.78 is 20.4. The van der Waals surface area contributed by atoms with E-state index in [9.17, 15) is 19.1 Å². The highest BCUT2D eigenvalue weighted by Crippen LogP contribution is 2.28. The van der Waals surface area contributed by atoms with Crippen LogP contribution in [0, 0.1) is 5.82 Å². The van der Waals surface area contributed by atoms with Crippen LogP contribution in [0.25, 0.3) is 0 Å². The second-order valence-electron chi connectivity index (χ2n) is 10.5. The highest BCUT2D eigenvalue weighted by molar-refractivity contribution is 5.93. The van der Waals surface area contributed by atoms with E-state index in [1.165, 1.54) is 37.6 Å². The van der Waals surface area contributed by atoms with Gasteiger partial charge in [0.1, 0.15) is 5.82 Å². The zero-order valence-corrected chi connectivity index (χ0v) is 25.0. The topological polar surface area (TPSA) is 111 Å². The number of halogens is 1. The summed E-state index contributed by atoms with van der Waals surface area (Å²) in [6.45, 7) is 8.80. The van der Waals surface area contributed by atoms with Gasteiger partial charge in [-0.1, -0.05) is 18.6 Å². The number of hydrogen-bond acceptors (Lipinski definition) is 7. The second kappa shape index (κ2) is 15.8. The van der Waals surface area contributed by atoms with Crippen molar-refractivity contribution in [2.45, 2.75) is 52.4 Å². The molecule has 1 saturated heterocycles. The molecule has 1 fully saturated rings. The zero-order valence-electron chi connectivity index (χ0n) is 25.0. The summed E-state index contributed by atoms with van der Waals surface area (Å²) >= 11 is 0. The van der Waals surface area contributed by atoms with Gasteiger partial charge in [-0.2, -0.15) is 4.98 Å². The third-order valence-corrected chi connectivity index (χ3v) is 7.49. The lowest BCUT2D eigenvalue weighted by Crippen LogP contribution is -2.31. The molecule has 2 N–H and O–H groups in total. The molecule has 10 nitrogen and oxygen atoms in total. The lowest BCUT2D eigenvalue weighted by molar-refractivity contribution is -0.130. The Labute approximate surface area is 252 Å². The molecule has 0 saturated carbocycles. The first-order valence-electron chi connectivity index (χ1n) is 15.0. The summed E-state index contributed by atoms with van der Waals surface area (Å²) in [6, 6.07) is 13.0. The number of carbonyl (C=O) groups is 2. The highest BCUT2D eigenvalue weighted by Gasteiger charge is 2.20. The molecule has 2 heterocycles. The number of nitrogens with zero attached hydrogens (tertiary/aromatic N) is 5. The summed E-state index contributed by atoms with van der Waals surface area (Å²) in [5.41, 5.74) is 1.62. The van der Waals surface area contributed by atoms with Crippen LogP contribution in [0.5, 0.6) is 5.75 Å². The molecular formula is C32H41FN6O4. The molecular weight excluding hydrogens is 551 g/mol. The van der Waals surface area contributed by atoms with Gasteiger partial charge in [-0.15, -0.1) is 0 Å². The second-order valence-corrected chi connectivity index (χ2v) is 10.5. The Morgan fingerprint density at radius 2 is 1.86 bits per heavy atom. The van der Waals surface area contributed by atoms with Crippen molar-refractivity contribution in [3.63, 3.8) is 0 Å². The Bertz CT molecular complexity index is 1360. The van der Waals surface area contributed by atoms with E-state index in [4.69, 9.17) is 4.74 Å². The van der Waals surface area contributed by atoms with Crippen LogP contribution in [0.3, 0.4) is 0 Å². The van der Waals surface area contributed by atoms with Gasteiger partial charge in [0.15, 0.2) is 11.6 Å². The van der Waals surface area contributed by atoms with Gasteiger partial charge in [0.25, 0.3) is 0 Å². The predicted octanol–water partition coefficient (Wildman–Crippen LogP) is 6.23. The van der Waals surface area contributed by atoms with Crippen LogP contribution in [0.4, 0.5) is 32.3 Å². The fourth-order valence-electron chi connectivity index (χ4n) is 5.19. The summed E-state index contributed by atoms with van der Waals surface area (Å²) in [6.07, 6.45) is 5.61. The minimum absolute atomic E-state index is 0.0564. The van der Waals surface area contributed by atoms with E-state index in [-0.39, 0.29) is 23.4 Å². The van der Waals surface area contributed by atoms with Crippen LogP contribution >= 0.6 is 0 Å². The number of hydrogen-bond donors (Lipinski definition) is 2. The van der Waals surface area contributed by atoms with Gasteiger partial charge in [0.2, 0.25) is 11.9 Å². The maximum Gasteiger partial charge on any atom is 0.417 e. The molecule has 230 valence electrons. The van der Waals surface area contributed by atoms with Crippen molar-refractivity contribution in [1.29, 1.82) is 0 Å². The van der Waals surface area contributed by atoms with Crippen LogP contribution in [0.2, 0.25) is 0 Å². The SMILES string of the molecule is CCN(CC)C(=O)CCc1cccc(N(C(=O)O)c2ccnc(Nc3ccc(OCCCN4CCCCC4)c(F)c3)n2)c1. The lowest BCUT2D eigenvalue weighted by atomic mass is 10.1. The fraction of sp³-hybridized carbons (Fsp3) is 0.438. The normalized spacial score (nSPS) is 13.4. The minimum atomic E-state index is -1.23. The summed E-state index contributed by atoms with van der Waals surface area (Å²) in [7, 11) is 0. The number of benzene rings is 2. The molecule has 0 spiro atoms. The molecule has 0 radical (unpaired) electrons. The van der Waals surface area contributed by atoms with Crippen LogP contribution in [-0.4, -0.2) is 76.2 Å². The van der Waals surface area contributed by atoms with Gasteiger partial charge in [-0.3, -0.25) is 4.79 Å². The quantitative estimate of drug-likeness (QED) is 0.212. The van der Waals surface area contributed by atoms with Crippen LogP contribution in [0.1, 0.15) is 51.5 Å². The number of ether oxygens (including phenoxy) is 1.